The Labute approximate surface area is 94.0 Å². The van der Waals surface area contributed by atoms with Gasteiger partial charge in [-0.25, -0.2) is 4.98 Å². The molecule has 0 amide bonds. The largest absolute Gasteiger partial charge is 0.301 e. The van der Waals surface area contributed by atoms with Gasteiger partial charge < -0.3 is 4.98 Å². The van der Waals surface area contributed by atoms with Gasteiger partial charge in [-0.3, -0.25) is 4.79 Å². The number of nitrogens with zero attached hydrogens (tertiary/aromatic N) is 1. The summed E-state index contributed by atoms with van der Waals surface area (Å²) in [5.74, 6) is 0.790. The number of aromatic nitrogens is 2. The first kappa shape index (κ1) is 12.0. The molecular formula is C11H16N2OS. The Morgan fingerprint density at radius 2 is 2.40 bits per heavy atom. The number of nitrogens with one attached hydrogen (secondary N) is 1. The van der Waals surface area contributed by atoms with Crippen molar-refractivity contribution >= 4 is 11.8 Å². The molecule has 1 aromatic heterocycles. The molecule has 1 rings (SSSR count). The Kier molecular flexibility index (Phi) is 4.62. The lowest BCUT2D eigenvalue weighted by Crippen LogP contribution is -2.10. The molecule has 0 spiro atoms. The van der Waals surface area contributed by atoms with Gasteiger partial charge in [0.15, 0.2) is 5.16 Å². The van der Waals surface area contributed by atoms with Gasteiger partial charge in [0.05, 0.1) is 0 Å². The third-order valence-electron chi connectivity index (χ3n) is 1.73. The molecule has 1 aromatic rings. The van der Waals surface area contributed by atoms with E-state index >= 15 is 0 Å². The van der Waals surface area contributed by atoms with Crippen molar-refractivity contribution in [2.24, 2.45) is 0 Å². The van der Waals surface area contributed by atoms with Crippen LogP contribution in [-0.4, -0.2) is 15.7 Å². The van der Waals surface area contributed by atoms with Crippen LogP contribution in [0.1, 0.15) is 26.0 Å². The molecule has 0 aliphatic rings. The zero-order valence-electron chi connectivity index (χ0n) is 9.17. The van der Waals surface area contributed by atoms with Gasteiger partial charge in [-0.1, -0.05) is 37.3 Å². The summed E-state index contributed by atoms with van der Waals surface area (Å²) in [4.78, 5) is 18.4. The molecule has 0 bridgehead atoms. The van der Waals surface area contributed by atoms with Gasteiger partial charge >= 0.3 is 0 Å². The molecule has 0 saturated carbocycles. The van der Waals surface area contributed by atoms with E-state index in [2.05, 4.69) is 23.5 Å². The lowest BCUT2D eigenvalue weighted by Gasteiger charge is -2.02. The van der Waals surface area contributed by atoms with Crippen molar-refractivity contribution < 1.29 is 0 Å². The highest BCUT2D eigenvalue weighted by atomic mass is 32.2. The van der Waals surface area contributed by atoms with Gasteiger partial charge in [0.1, 0.15) is 0 Å². The van der Waals surface area contributed by atoms with E-state index in [9.17, 15) is 4.79 Å². The molecule has 0 atom stereocenters. The summed E-state index contributed by atoms with van der Waals surface area (Å²) in [6.07, 6.45) is 1.85. The number of rotatable bonds is 5. The molecule has 15 heavy (non-hydrogen) atoms. The maximum Gasteiger partial charge on any atom is 0.251 e. The molecule has 1 N–H and O–H groups in total. The first-order chi connectivity index (χ1) is 7.11. The second-order valence-corrected chi connectivity index (χ2v) is 4.50. The second-order valence-electron chi connectivity index (χ2n) is 3.54. The van der Waals surface area contributed by atoms with Gasteiger partial charge in [-0.05, 0) is 13.3 Å². The fourth-order valence-electron chi connectivity index (χ4n) is 1.13. The number of hydrogen-bond acceptors (Lipinski definition) is 3. The molecule has 3 nitrogen and oxygen atoms in total. The van der Waals surface area contributed by atoms with E-state index in [0.29, 0.717) is 5.16 Å². The molecular weight excluding hydrogens is 208 g/mol. The molecule has 0 radical (unpaired) electrons. The molecule has 0 fully saturated rings. The van der Waals surface area contributed by atoms with E-state index in [-0.39, 0.29) is 5.56 Å². The van der Waals surface area contributed by atoms with Crippen molar-refractivity contribution in [3.63, 3.8) is 0 Å². The molecule has 0 aliphatic carbocycles. The number of aryl methyl sites for hydroxylation is 1. The van der Waals surface area contributed by atoms with Crippen LogP contribution in [0.25, 0.3) is 0 Å². The molecule has 4 heteroatoms. The van der Waals surface area contributed by atoms with Crippen molar-refractivity contribution in [2.45, 2.75) is 31.8 Å². The van der Waals surface area contributed by atoms with E-state index in [0.717, 1.165) is 29.9 Å². The Bertz CT molecular complexity index is 398. The molecule has 1 heterocycles. The molecule has 0 unspecified atom stereocenters. The van der Waals surface area contributed by atoms with Gasteiger partial charge in [-0.2, -0.15) is 0 Å². The van der Waals surface area contributed by atoms with Gasteiger partial charge in [0, 0.05) is 17.5 Å². The third-order valence-corrected chi connectivity index (χ3v) is 2.84. The summed E-state index contributed by atoms with van der Waals surface area (Å²) >= 11 is 1.52. The molecule has 0 aliphatic heterocycles. The quantitative estimate of drug-likeness (QED) is 0.474. The fourth-order valence-corrected chi connectivity index (χ4v) is 1.87. The number of H-pyrrole nitrogens is 1. The summed E-state index contributed by atoms with van der Waals surface area (Å²) in [5.41, 5.74) is 1.87. The lowest BCUT2D eigenvalue weighted by atomic mass is 10.2. The second kappa shape index (κ2) is 5.75. The zero-order valence-corrected chi connectivity index (χ0v) is 9.99. The first-order valence-corrected chi connectivity index (χ1v) is 5.97. The van der Waals surface area contributed by atoms with Crippen LogP contribution < -0.4 is 5.56 Å². The molecule has 0 saturated heterocycles. The van der Waals surface area contributed by atoms with E-state index in [4.69, 9.17) is 0 Å². The fraction of sp³-hybridized carbons (Fsp3) is 0.455. The lowest BCUT2D eigenvalue weighted by molar-refractivity contribution is 0.816. The molecule has 82 valence electrons. The third kappa shape index (κ3) is 4.34. The van der Waals surface area contributed by atoms with Gasteiger partial charge in [0.2, 0.25) is 0 Å². The van der Waals surface area contributed by atoms with E-state index in [1.54, 1.807) is 6.07 Å². The van der Waals surface area contributed by atoms with Crippen molar-refractivity contribution in [2.75, 3.05) is 5.75 Å². The maximum atomic E-state index is 11.3. The van der Waals surface area contributed by atoms with Crippen LogP contribution in [0, 0.1) is 0 Å². The van der Waals surface area contributed by atoms with E-state index in [1.807, 2.05) is 6.92 Å². The van der Waals surface area contributed by atoms with Crippen LogP contribution in [-0.2, 0) is 6.42 Å². The predicted octanol–water partition coefficient (Wildman–Crippen LogP) is 2.39. The van der Waals surface area contributed by atoms with Gasteiger partial charge in [-0.15, -0.1) is 0 Å². The zero-order chi connectivity index (χ0) is 11.3. The van der Waals surface area contributed by atoms with Crippen LogP contribution in [0.4, 0.5) is 0 Å². The highest BCUT2D eigenvalue weighted by Crippen LogP contribution is 2.14. The van der Waals surface area contributed by atoms with Crippen LogP contribution >= 0.6 is 11.8 Å². The normalized spacial score (nSPS) is 10.3. The van der Waals surface area contributed by atoms with Crippen LogP contribution in [0.2, 0.25) is 0 Å². The Morgan fingerprint density at radius 3 is 3.00 bits per heavy atom. The van der Waals surface area contributed by atoms with Crippen molar-refractivity contribution in [3.05, 3.63) is 34.3 Å². The number of aromatic amines is 1. The van der Waals surface area contributed by atoms with E-state index < -0.39 is 0 Å². The standard InChI is InChI=1S/C11H16N2OS/c1-4-5-9-6-10(14)13-11(12-9)15-7-8(2)3/h6H,2,4-5,7H2,1,3H3,(H,12,13,14). The Balaban J connectivity index is 2.79. The van der Waals surface area contributed by atoms with E-state index in [1.165, 1.54) is 11.8 Å². The van der Waals surface area contributed by atoms with Crippen molar-refractivity contribution in [1.29, 1.82) is 0 Å². The minimum Gasteiger partial charge on any atom is -0.301 e. The summed E-state index contributed by atoms with van der Waals surface area (Å²) in [6, 6.07) is 1.56. The predicted molar refractivity (Wildman–Crippen MR) is 64.4 cm³/mol. The van der Waals surface area contributed by atoms with Crippen molar-refractivity contribution in [3.8, 4) is 0 Å². The maximum absolute atomic E-state index is 11.3. The highest BCUT2D eigenvalue weighted by molar-refractivity contribution is 7.99. The smallest absolute Gasteiger partial charge is 0.251 e. The van der Waals surface area contributed by atoms with Crippen molar-refractivity contribution in [1.82, 2.24) is 9.97 Å². The summed E-state index contributed by atoms with van der Waals surface area (Å²) in [5, 5.41) is 0.689. The summed E-state index contributed by atoms with van der Waals surface area (Å²) < 4.78 is 0. The average molecular weight is 224 g/mol. The average Bonchev–Trinajstić information content (AvgIpc) is 2.14. The number of hydrogen-bond donors (Lipinski definition) is 1. The van der Waals surface area contributed by atoms with Crippen LogP contribution in [0.3, 0.4) is 0 Å². The minimum absolute atomic E-state index is 0.0716. The Hall–Kier alpha value is -1.03. The van der Waals surface area contributed by atoms with Gasteiger partial charge in [0.25, 0.3) is 5.56 Å². The highest BCUT2D eigenvalue weighted by Gasteiger charge is 2.01. The topological polar surface area (TPSA) is 45.8 Å². The van der Waals surface area contributed by atoms with Crippen LogP contribution in [0.5, 0.6) is 0 Å². The van der Waals surface area contributed by atoms with Crippen LogP contribution in [0.15, 0.2) is 28.2 Å². The SMILES string of the molecule is C=C(C)CSc1nc(CCC)cc(=O)[nH]1. The Morgan fingerprint density at radius 1 is 1.67 bits per heavy atom. The summed E-state index contributed by atoms with van der Waals surface area (Å²) in [7, 11) is 0. The number of thioether (sulfide) groups is 1. The first-order valence-electron chi connectivity index (χ1n) is 4.99. The molecule has 0 aromatic carbocycles. The minimum atomic E-state index is -0.0716. The summed E-state index contributed by atoms with van der Waals surface area (Å²) in [6.45, 7) is 7.84. The monoisotopic (exact) mass is 224 g/mol.